The van der Waals surface area contributed by atoms with Gasteiger partial charge in [-0.1, -0.05) is 0 Å². The maximum Gasteiger partial charge on any atom is 0.119 e. The minimum Gasteiger partial charge on any atom is -0.491 e. The van der Waals surface area contributed by atoms with Crippen molar-refractivity contribution < 1.29 is 14.2 Å². The Balaban J connectivity index is 1.85. The normalized spacial score (nSPS) is 19.0. The molecule has 3 heteroatoms. The standard InChI is InChI=1S/C12H16O3/c1-9(2)15-11-5-3-10(4-6-11)13-7-12-8-14-12/h3-6,9,12H,7-8H2,1-2H3. The fourth-order valence-corrected chi connectivity index (χ4v) is 1.24. The first-order valence-corrected chi connectivity index (χ1v) is 5.25. The van der Waals surface area contributed by atoms with Gasteiger partial charge in [-0.25, -0.2) is 0 Å². The van der Waals surface area contributed by atoms with Crippen molar-refractivity contribution in [3.05, 3.63) is 24.3 Å². The third-order valence-electron chi connectivity index (χ3n) is 2.03. The Bertz CT molecular complexity index is 301. The van der Waals surface area contributed by atoms with Crippen LogP contribution in [-0.2, 0) is 4.74 Å². The zero-order valence-electron chi connectivity index (χ0n) is 9.10. The molecule has 0 saturated carbocycles. The zero-order chi connectivity index (χ0) is 10.7. The zero-order valence-corrected chi connectivity index (χ0v) is 9.10. The molecule has 0 radical (unpaired) electrons. The van der Waals surface area contributed by atoms with Gasteiger partial charge in [0.1, 0.15) is 24.2 Å². The first kappa shape index (κ1) is 10.3. The molecule has 1 aliphatic heterocycles. The molecule has 0 N–H and O–H groups in total. The van der Waals surface area contributed by atoms with Crippen molar-refractivity contribution in [1.82, 2.24) is 0 Å². The number of hydrogen-bond acceptors (Lipinski definition) is 3. The van der Waals surface area contributed by atoms with Crippen LogP contribution in [0.2, 0.25) is 0 Å². The minimum atomic E-state index is 0.205. The van der Waals surface area contributed by atoms with Crippen LogP contribution in [0.1, 0.15) is 13.8 Å². The van der Waals surface area contributed by atoms with E-state index >= 15 is 0 Å². The molecule has 82 valence electrons. The van der Waals surface area contributed by atoms with Crippen LogP contribution in [0.15, 0.2) is 24.3 Å². The predicted octanol–water partition coefficient (Wildman–Crippen LogP) is 2.25. The lowest BCUT2D eigenvalue weighted by Gasteiger charge is -2.10. The molecule has 0 aromatic heterocycles. The second-order valence-electron chi connectivity index (χ2n) is 3.90. The highest BCUT2D eigenvalue weighted by molar-refractivity contribution is 5.31. The van der Waals surface area contributed by atoms with E-state index < -0.39 is 0 Å². The Kier molecular flexibility index (Phi) is 3.11. The molecular formula is C12H16O3. The summed E-state index contributed by atoms with van der Waals surface area (Å²) in [5.74, 6) is 1.74. The molecule has 1 fully saturated rings. The van der Waals surface area contributed by atoms with Gasteiger partial charge in [-0.3, -0.25) is 0 Å². The highest BCUT2D eigenvalue weighted by Crippen LogP contribution is 2.20. The molecule has 0 aliphatic carbocycles. The summed E-state index contributed by atoms with van der Waals surface area (Å²) >= 11 is 0. The maximum absolute atomic E-state index is 5.53. The van der Waals surface area contributed by atoms with Crippen LogP contribution in [0.3, 0.4) is 0 Å². The Hall–Kier alpha value is -1.22. The Morgan fingerprint density at radius 1 is 1.27 bits per heavy atom. The Morgan fingerprint density at radius 3 is 2.40 bits per heavy atom. The van der Waals surface area contributed by atoms with E-state index in [0.29, 0.717) is 12.7 Å². The van der Waals surface area contributed by atoms with Crippen molar-refractivity contribution in [2.24, 2.45) is 0 Å². The monoisotopic (exact) mass is 208 g/mol. The first-order chi connectivity index (χ1) is 7.24. The van der Waals surface area contributed by atoms with Crippen LogP contribution >= 0.6 is 0 Å². The molecule has 1 aromatic carbocycles. The van der Waals surface area contributed by atoms with E-state index in [1.54, 1.807) is 0 Å². The van der Waals surface area contributed by atoms with E-state index in [1.807, 2.05) is 38.1 Å². The van der Waals surface area contributed by atoms with Crippen LogP contribution in [0.5, 0.6) is 11.5 Å². The largest absolute Gasteiger partial charge is 0.491 e. The van der Waals surface area contributed by atoms with Gasteiger partial charge in [-0.15, -0.1) is 0 Å². The molecule has 1 atom stereocenters. The van der Waals surface area contributed by atoms with Gasteiger partial charge < -0.3 is 14.2 Å². The van der Waals surface area contributed by atoms with E-state index in [1.165, 1.54) is 0 Å². The van der Waals surface area contributed by atoms with Crippen molar-refractivity contribution in [3.8, 4) is 11.5 Å². The quantitative estimate of drug-likeness (QED) is 0.695. The summed E-state index contributed by atoms with van der Waals surface area (Å²) in [7, 11) is 0. The Morgan fingerprint density at radius 2 is 1.87 bits per heavy atom. The van der Waals surface area contributed by atoms with Crippen molar-refractivity contribution >= 4 is 0 Å². The van der Waals surface area contributed by atoms with Crippen molar-refractivity contribution in [2.45, 2.75) is 26.1 Å². The van der Waals surface area contributed by atoms with Gasteiger partial charge in [0.2, 0.25) is 0 Å². The molecule has 1 unspecified atom stereocenters. The lowest BCUT2D eigenvalue weighted by atomic mass is 10.3. The third kappa shape index (κ3) is 3.44. The van der Waals surface area contributed by atoms with Gasteiger partial charge >= 0.3 is 0 Å². The highest BCUT2D eigenvalue weighted by atomic mass is 16.6. The second kappa shape index (κ2) is 4.53. The van der Waals surface area contributed by atoms with E-state index in [0.717, 1.165) is 18.1 Å². The summed E-state index contributed by atoms with van der Waals surface area (Å²) < 4.78 is 16.1. The van der Waals surface area contributed by atoms with Gasteiger partial charge in [0.05, 0.1) is 12.7 Å². The molecule has 15 heavy (non-hydrogen) atoms. The predicted molar refractivity (Wildman–Crippen MR) is 57.4 cm³/mol. The van der Waals surface area contributed by atoms with Crippen LogP contribution < -0.4 is 9.47 Å². The summed E-state index contributed by atoms with van der Waals surface area (Å²) in [5.41, 5.74) is 0. The highest BCUT2D eigenvalue weighted by Gasteiger charge is 2.22. The maximum atomic E-state index is 5.53. The van der Waals surface area contributed by atoms with Crippen LogP contribution in [0.4, 0.5) is 0 Å². The van der Waals surface area contributed by atoms with E-state index in [4.69, 9.17) is 14.2 Å². The minimum absolute atomic E-state index is 0.205. The van der Waals surface area contributed by atoms with E-state index in [9.17, 15) is 0 Å². The third-order valence-corrected chi connectivity index (χ3v) is 2.03. The molecule has 0 amide bonds. The molecule has 2 rings (SSSR count). The molecule has 0 spiro atoms. The molecule has 1 aromatic rings. The Labute approximate surface area is 90.0 Å². The lowest BCUT2D eigenvalue weighted by Crippen LogP contribution is -2.06. The number of epoxide rings is 1. The molecule has 1 heterocycles. The number of hydrogen-bond donors (Lipinski definition) is 0. The summed E-state index contributed by atoms with van der Waals surface area (Å²) in [6.45, 7) is 5.49. The average molecular weight is 208 g/mol. The molecule has 1 aliphatic rings. The topological polar surface area (TPSA) is 31.0 Å². The van der Waals surface area contributed by atoms with Crippen molar-refractivity contribution in [3.63, 3.8) is 0 Å². The molecule has 0 bridgehead atoms. The smallest absolute Gasteiger partial charge is 0.119 e. The summed E-state index contributed by atoms with van der Waals surface area (Å²) in [5, 5.41) is 0. The molecular weight excluding hydrogens is 192 g/mol. The van der Waals surface area contributed by atoms with Crippen LogP contribution in [-0.4, -0.2) is 25.4 Å². The van der Waals surface area contributed by atoms with Gasteiger partial charge in [0.25, 0.3) is 0 Å². The number of rotatable bonds is 5. The fourth-order valence-electron chi connectivity index (χ4n) is 1.24. The average Bonchev–Trinajstić information content (AvgIpc) is 2.99. The number of benzene rings is 1. The van der Waals surface area contributed by atoms with E-state index in [-0.39, 0.29) is 6.10 Å². The fraction of sp³-hybridized carbons (Fsp3) is 0.500. The van der Waals surface area contributed by atoms with E-state index in [2.05, 4.69) is 0 Å². The van der Waals surface area contributed by atoms with Gasteiger partial charge in [-0.05, 0) is 38.1 Å². The SMILES string of the molecule is CC(C)Oc1ccc(OCC2CO2)cc1. The van der Waals surface area contributed by atoms with Crippen molar-refractivity contribution in [2.75, 3.05) is 13.2 Å². The van der Waals surface area contributed by atoms with Gasteiger partial charge in [0, 0.05) is 0 Å². The summed E-state index contributed by atoms with van der Waals surface area (Å²) in [4.78, 5) is 0. The molecule has 3 nitrogen and oxygen atoms in total. The number of ether oxygens (including phenoxy) is 3. The first-order valence-electron chi connectivity index (χ1n) is 5.25. The van der Waals surface area contributed by atoms with Crippen LogP contribution in [0.25, 0.3) is 0 Å². The van der Waals surface area contributed by atoms with Crippen LogP contribution in [0, 0.1) is 0 Å². The molecule has 1 saturated heterocycles. The van der Waals surface area contributed by atoms with Crippen molar-refractivity contribution in [1.29, 1.82) is 0 Å². The van der Waals surface area contributed by atoms with Gasteiger partial charge in [-0.2, -0.15) is 0 Å². The lowest BCUT2D eigenvalue weighted by molar-refractivity contribution is 0.240. The van der Waals surface area contributed by atoms with Gasteiger partial charge in [0.15, 0.2) is 0 Å². The summed E-state index contributed by atoms with van der Waals surface area (Å²) in [6.07, 6.45) is 0.508. The second-order valence-corrected chi connectivity index (χ2v) is 3.90. The summed E-state index contributed by atoms with van der Waals surface area (Å²) in [6, 6.07) is 7.67.